The van der Waals surface area contributed by atoms with Gasteiger partial charge in [-0.1, -0.05) is 24.4 Å². The fourth-order valence-corrected chi connectivity index (χ4v) is 4.22. The van der Waals surface area contributed by atoms with Gasteiger partial charge in [0.2, 0.25) is 15.9 Å². The van der Waals surface area contributed by atoms with Crippen molar-refractivity contribution in [3.05, 3.63) is 11.5 Å². The Kier molecular flexibility index (Phi) is 5.23. The molecule has 1 amide bonds. The van der Waals surface area contributed by atoms with Crippen molar-refractivity contribution in [2.75, 3.05) is 13.6 Å². The Hall–Kier alpha value is -1.41. The second kappa shape index (κ2) is 6.78. The van der Waals surface area contributed by atoms with Gasteiger partial charge in [-0.25, -0.2) is 8.42 Å². The lowest BCUT2D eigenvalue weighted by molar-refractivity contribution is -0.122. The monoisotopic (exact) mass is 329 g/mol. The first-order valence-corrected chi connectivity index (χ1v) is 8.95. The van der Waals surface area contributed by atoms with Crippen LogP contribution in [0.5, 0.6) is 0 Å². The Labute approximate surface area is 131 Å². The number of nitrogens with one attached hydrogen (secondary N) is 1. The Morgan fingerprint density at radius 3 is 2.50 bits per heavy atom. The first-order chi connectivity index (χ1) is 10.3. The summed E-state index contributed by atoms with van der Waals surface area (Å²) in [6.07, 6.45) is 5.35. The molecule has 22 heavy (non-hydrogen) atoms. The van der Waals surface area contributed by atoms with E-state index >= 15 is 0 Å². The first-order valence-electron chi connectivity index (χ1n) is 7.51. The Balaban J connectivity index is 2.01. The van der Waals surface area contributed by atoms with E-state index in [0.29, 0.717) is 5.69 Å². The van der Waals surface area contributed by atoms with Gasteiger partial charge in [0, 0.05) is 13.1 Å². The van der Waals surface area contributed by atoms with Crippen LogP contribution in [0.2, 0.25) is 0 Å². The highest BCUT2D eigenvalue weighted by Gasteiger charge is 2.30. The molecule has 1 heterocycles. The fourth-order valence-electron chi connectivity index (χ4n) is 2.81. The number of hydrogen-bond donors (Lipinski definition) is 1. The van der Waals surface area contributed by atoms with E-state index in [9.17, 15) is 13.2 Å². The van der Waals surface area contributed by atoms with Crippen molar-refractivity contribution in [2.24, 2.45) is 0 Å². The number of aryl methyl sites for hydroxylation is 2. The van der Waals surface area contributed by atoms with Gasteiger partial charge in [-0.2, -0.15) is 4.31 Å². The molecule has 1 N–H and O–H groups in total. The molecular weight excluding hydrogens is 306 g/mol. The maximum Gasteiger partial charge on any atom is 0.248 e. The average Bonchev–Trinajstić information content (AvgIpc) is 2.79. The van der Waals surface area contributed by atoms with Crippen LogP contribution in [-0.4, -0.2) is 43.4 Å². The smallest absolute Gasteiger partial charge is 0.248 e. The molecule has 0 radical (unpaired) electrons. The Bertz CT molecular complexity index is 613. The quantitative estimate of drug-likeness (QED) is 0.880. The molecule has 1 aromatic heterocycles. The van der Waals surface area contributed by atoms with Crippen molar-refractivity contribution in [3.8, 4) is 0 Å². The number of carbonyl (C=O) groups is 1. The maximum absolute atomic E-state index is 12.5. The Morgan fingerprint density at radius 2 is 1.95 bits per heavy atom. The molecule has 2 rings (SSSR count). The van der Waals surface area contributed by atoms with Gasteiger partial charge in [-0.05, 0) is 26.7 Å². The van der Waals surface area contributed by atoms with Crippen LogP contribution in [0.25, 0.3) is 0 Å². The van der Waals surface area contributed by atoms with Crippen LogP contribution in [0.4, 0.5) is 0 Å². The molecule has 0 aromatic carbocycles. The van der Waals surface area contributed by atoms with Gasteiger partial charge in [-0.15, -0.1) is 0 Å². The highest BCUT2D eigenvalue weighted by Crippen LogP contribution is 2.22. The molecule has 1 aromatic rings. The number of amides is 1. The van der Waals surface area contributed by atoms with Gasteiger partial charge < -0.3 is 9.84 Å². The van der Waals surface area contributed by atoms with E-state index < -0.39 is 10.0 Å². The minimum Gasteiger partial charge on any atom is -0.360 e. The van der Waals surface area contributed by atoms with E-state index in [1.165, 1.54) is 13.5 Å². The van der Waals surface area contributed by atoms with Crippen LogP contribution in [0.3, 0.4) is 0 Å². The zero-order valence-corrected chi connectivity index (χ0v) is 14.1. The number of likely N-dealkylation sites (N-methyl/N-ethyl adjacent to an activating group) is 1. The third kappa shape index (κ3) is 3.67. The number of nitrogens with zero attached hydrogens (tertiary/aromatic N) is 2. The van der Waals surface area contributed by atoms with E-state index in [2.05, 4.69) is 10.5 Å². The summed E-state index contributed by atoms with van der Waals surface area (Å²) in [4.78, 5) is 12.1. The summed E-state index contributed by atoms with van der Waals surface area (Å²) < 4.78 is 31.0. The lowest BCUT2D eigenvalue weighted by Crippen LogP contribution is -2.43. The normalized spacial score (nSPS) is 16.9. The lowest BCUT2D eigenvalue weighted by Gasteiger charge is -2.24. The van der Waals surface area contributed by atoms with E-state index in [-0.39, 0.29) is 29.1 Å². The van der Waals surface area contributed by atoms with Crippen LogP contribution in [0.15, 0.2) is 9.42 Å². The van der Waals surface area contributed by atoms with Gasteiger partial charge in [0.25, 0.3) is 0 Å². The number of hydrogen-bond acceptors (Lipinski definition) is 5. The number of aromatic nitrogens is 1. The summed E-state index contributed by atoms with van der Waals surface area (Å²) in [5.41, 5.74) is 0.303. The summed E-state index contributed by atoms with van der Waals surface area (Å²) in [7, 11) is -2.39. The predicted octanol–water partition coefficient (Wildman–Crippen LogP) is 1.36. The lowest BCUT2D eigenvalue weighted by atomic mass is 9.95. The highest BCUT2D eigenvalue weighted by molar-refractivity contribution is 7.89. The van der Waals surface area contributed by atoms with Crippen LogP contribution < -0.4 is 5.32 Å². The van der Waals surface area contributed by atoms with Crippen LogP contribution in [0.1, 0.15) is 43.6 Å². The third-order valence-electron chi connectivity index (χ3n) is 3.97. The topological polar surface area (TPSA) is 92.5 Å². The van der Waals surface area contributed by atoms with Gasteiger partial charge in [0.05, 0.1) is 6.54 Å². The molecule has 0 aliphatic heterocycles. The summed E-state index contributed by atoms with van der Waals surface area (Å²) in [5, 5.41) is 6.57. The molecule has 124 valence electrons. The summed E-state index contributed by atoms with van der Waals surface area (Å²) >= 11 is 0. The minimum absolute atomic E-state index is 0.0421. The number of carbonyl (C=O) groups excluding carboxylic acids is 1. The molecule has 1 saturated carbocycles. The molecule has 0 spiro atoms. The first kappa shape index (κ1) is 17.0. The standard InChI is InChI=1S/C14H23N3O4S/c1-10-14(11(2)21-16-10)22(19,20)17(3)9-13(18)15-12-7-5-4-6-8-12/h12H,4-9H2,1-3H3,(H,15,18). The van der Waals surface area contributed by atoms with E-state index in [4.69, 9.17) is 4.52 Å². The molecule has 1 fully saturated rings. The van der Waals surface area contributed by atoms with E-state index in [1.807, 2.05) is 0 Å². The van der Waals surface area contributed by atoms with Crippen molar-refractivity contribution in [2.45, 2.75) is 56.9 Å². The van der Waals surface area contributed by atoms with Gasteiger partial charge in [0.1, 0.15) is 10.6 Å². The Morgan fingerprint density at radius 1 is 1.32 bits per heavy atom. The number of sulfonamides is 1. The third-order valence-corrected chi connectivity index (χ3v) is 6.02. The van der Waals surface area contributed by atoms with E-state index in [1.54, 1.807) is 13.8 Å². The molecule has 8 heteroatoms. The molecule has 0 bridgehead atoms. The molecule has 0 saturated heterocycles. The fraction of sp³-hybridized carbons (Fsp3) is 0.714. The van der Waals surface area contributed by atoms with Crippen molar-refractivity contribution >= 4 is 15.9 Å². The number of rotatable bonds is 5. The molecule has 7 nitrogen and oxygen atoms in total. The molecule has 1 aliphatic rings. The molecule has 1 aliphatic carbocycles. The summed E-state index contributed by atoms with van der Waals surface area (Å²) in [6.45, 7) is 2.91. The van der Waals surface area contributed by atoms with Gasteiger partial charge in [-0.3, -0.25) is 4.79 Å². The SMILES string of the molecule is Cc1noc(C)c1S(=O)(=O)N(C)CC(=O)NC1CCCCC1. The minimum atomic E-state index is -3.78. The molecular formula is C14H23N3O4S. The molecule has 0 atom stereocenters. The zero-order chi connectivity index (χ0) is 16.3. The second-order valence-electron chi connectivity index (χ2n) is 5.82. The van der Waals surface area contributed by atoms with Gasteiger partial charge in [0.15, 0.2) is 5.76 Å². The largest absolute Gasteiger partial charge is 0.360 e. The van der Waals surface area contributed by atoms with Crippen molar-refractivity contribution in [1.82, 2.24) is 14.8 Å². The highest BCUT2D eigenvalue weighted by atomic mass is 32.2. The van der Waals surface area contributed by atoms with Crippen molar-refractivity contribution in [1.29, 1.82) is 0 Å². The van der Waals surface area contributed by atoms with Crippen LogP contribution in [0, 0.1) is 13.8 Å². The van der Waals surface area contributed by atoms with Crippen molar-refractivity contribution < 1.29 is 17.7 Å². The summed E-state index contributed by atoms with van der Waals surface area (Å²) in [5.74, 6) is -0.0400. The van der Waals surface area contributed by atoms with Crippen LogP contribution in [-0.2, 0) is 14.8 Å². The second-order valence-corrected chi connectivity index (χ2v) is 7.80. The predicted molar refractivity (Wildman–Crippen MR) is 80.8 cm³/mol. The average molecular weight is 329 g/mol. The van der Waals surface area contributed by atoms with Crippen molar-refractivity contribution in [3.63, 3.8) is 0 Å². The summed E-state index contributed by atoms with van der Waals surface area (Å²) in [6, 6.07) is 0.163. The maximum atomic E-state index is 12.5. The van der Waals surface area contributed by atoms with Gasteiger partial charge >= 0.3 is 0 Å². The zero-order valence-electron chi connectivity index (χ0n) is 13.3. The van der Waals surface area contributed by atoms with E-state index in [0.717, 1.165) is 30.0 Å². The van der Waals surface area contributed by atoms with Crippen LogP contribution >= 0.6 is 0 Å². The molecule has 0 unspecified atom stereocenters.